The molecule has 2 atom stereocenters. The number of quaternary nitrogens is 1. The lowest BCUT2D eigenvalue weighted by Crippen LogP contribution is -2.37. The number of ether oxygens (including phenoxy) is 2. The summed E-state index contributed by atoms with van der Waals surface area (Å²) in [5.74, 6) is -0.786. The highest BCUT2D eigenvalue weighted by atomic mass is 31.2. The van der Waals surface area contributed by atoms with Gasteiger partial charge in [0, 0.05) is 12.8 Å². The average molecular weight is 1200 g/mol. The van der Waals surface area contributed by atoms with E-state index < -0.39 is 26.5 Å². The largest absolute Gasteiger partial charge is 0.472 e. The van der Waals surface area contributed by atoms with Gasteiger partial charge in [0.2, 0.25) is 0 Å². The van der Waals surface area contributed by atoms with Crippen molar-refractivity contribution in [2.75, 3.05) is 47.5 Å². The summed E-state index contributed by atoms with van der Waals surface area (Å²) in [6.45, 7) is 4.36. The van der Waals surface area contributed by atoms with E-state index >= 15 is 0 Å². The van der Waals surface area contributed by atoms with Crippen molar-refractivity contribution in [2.24, 2.45) is 0 Å². The third kappa shape index (κ3) is 68.3. The number of esters is 2. The summed E-state index contributed by atoms with van der Waals surface area (Å²) in [5.41, 5.74) is 0. The van der Waals surface area contributed by atoms with E-state index in [4.69, 9.17) is 18.5 Å². The molecule has 84 heavy (non-hydrogen) atoms. The smallest absolute Gasteiger partial charge is 0.462 e. The summed E-state index contributed by atoms with van der Waals surface area (Å²) in [6, 6.07) is 0. The summed E-state index contributed by atoms with van der Waals surface area (Å²) in [4.78, 5) is 35.9. The zero-order valence-electron chi connectivity index (χ0n) is 55.6. The van der Waals surface area contributed by atoms with Gasteiger partial charge in [-0.25, -0.2) is 4.57 Å². The molecule has 0 heterocycles. The normalized spacial score (nSPS) is 13.6. The number of hydrogen-bond donors (Lipinski definition) is 1. The predicted molar refractivity (Wildman–Crippen MR) is 362 cm³/mol. The second-order valence-corrected chi connectivity index (χ2v) is 26.3. The molecule has 0 aliphatic rings. The lowest BCUT2D eigenvalue weighted by atomic mass is 10.0. The van der Waals surface area contributed by atoms with Gasteiger partial charge in [-0.15, -0.1) is 0 Å². The molecule has 0 aromatic carbocycles. The second-order valence-electron chi connectivity index (χ2n) is 24.9. The van der Waals surface area contributed by atoms with Gasteiger partial charge in [-0.2, -0.15) is 0 Å². The number of allylic oxidation sites excluding steroid dienone is 14. The third-order valence-corrected chi connectivity index (χ3v) is 16.4. The Balaban J connectivity index is 4.02. The number of phosphoric ester groups is 1. The number of likely N-dealkylation sites (N-methyl/N-ethyl adjacent to an activating group) is 1. The molecule has 0 amide bonds. The zero-order chi connectivity index (χ0) is 61.2. The number of hydrogen-bond acceptors (Lipinski definition) is 7. The van der Waals surface area contributed by atoms with Crippen LogP contribution in [0.25, 0.3) is 0 Å². The van der Waals surface area contributed by atoms with Crippen molar-refractivity contribution in [2.45, 2.75) is 328 Å². The van der Waals surface area contributed by atoms with E-state index in [1.54, 1.807) is 0 Å². The van der Waals surface area contributed by atoms with Crippen molar-refractivity contribution in [3.63, 3.8) is 0 Å². The van der Waals surface area contributed by atoms with Crippen LogP contribution in [0.15, 0.2) is 85.1 Å². The van der Waals surface area contributed by atoms with Gasteiger partial charge in [0.1, 0.15) is 19.8 Å². The van der Waals surface area contributed by atoms with Gasteiger partial charge >= 0.3 is 19.8 Å². The Labute approximate surface area is 520 Å². The van der Waals surface area contributed by atoms with Crippen LogP contribution >= 0.6 is 7.82 Å². The molecule has 2 unspecified atom stereocenters. The Morgan fingerprint density at radius 1 is 0.381 bits per heavy atom. The molecule has 488 valence electrons. The number of rotatable bonds is 65. The Hall–Kier alpha value is -2.81. The van der Waals surface area contributed by atoms with Crippen LogP contribution in [0.1, 0.15) is 322 Å². The minimum atomic E-state index is -4.39. The maximum Gasteiger partial charge on any atom is 0.472 e. The van der Waals surface area contributed by atoms with Crippen LogP contribution in [-0.4, -0.2) is 74.9 Å². The number of unbranched alkanes of at least 4 members (excludes halogenated alkanes) is 37. The van der Waals surface area contributed by atoms with E-state index in [2.05, 4.69) is 98.9 Å². The fourth-order valence-electron chi connectivity index (χ4n) is 10.0. The molecule has 0 aliphatic carbocycles. The van der Waals surface area contributed by atoms with Crippen molar-refractivity contribution in [3.05, 3.63) is 85.1 Å². The SMILES string of the molecule is CC/C=C\C/C=C\C/C=C\C/C=C\C/C=C\C/C=C\CCCCCCCCCCCCCCCCCCC(=O)OC(COC(=O)CCCCCCCCCCCCCCC/C=C\CCCCCCCCCC)COP(=O)(O)OCC[N+](C)(C)C. The predicted octanol–water partition coefficient (Wildman–Crippen LogP) is 22.9. The number of carbonyl (C=O) groups is 2. The molecule has 0 radical (unpaired) electrons. The Morgan fingerprint density at radius 2 is 0.679 bits per heavy atom. The molecule has 0 aliphatic heterocycles. The number of phosphoric acid groups is 1. The van der Waals surface area contributed by atoms with Crippen molar-refractivity contribution >= 4 is 19.8 Å². The molecular weight excluding hydrogens is 1060 g/mol. The highest BCUT2D eigenvalue weighted by Gasteiger charge is 2.27. The minimum absolute atomic E-state index is 0.0310. The Morgan fingerprint density at radius 3 is 1.02 bits per heavy atom. The molecule has 0 fully saturated rings. The molecule has 0 rings (SSSR count). The monoisotopic (exact) mass is 1200 g/mol. The lowest BCUT2D eigenvalue weighted by Gasteiger charge is -2.24. The van der Waals surface area contributed by atoms with Crippen LogP contribution in [0.4, 0.5) is 0 Å². The molecule has 0 saturated heterocycles. The highest BCUT2D eigenvalue weighted by molar-refractivity contribution is 7.47. The summed E-state index contributed by atoms with van der Waals surface area (Å²) in [7, 11) is 1.48. The van der Waals surface area contributed by atoms with Crippen molar-refractivity contribution < 1.29 is 42.1 Å². The molecule has 10 heteroatoms. The number of nitrogens with zero attached hydrogens (tertiary/aromatic N) is 1. The second kappa shape index (κ2) is 64.7. The van der Waals surface area contributed by atoms with Gasteiger partial charge in [0.15, 0.2) is 6.10 Å². The van der Waals surface area contributed by atoms with Crippen LogP contribution in [0.3, 0.4) is 0 Å². The van der Waals surface area contributed by atoms with Crippen LogP contribution in [0.2, 0.25) is 0 Å². The molecule has 0 bridgehead atoms. The first-order valence-corrected chi connectivity index (χ1v) is 36.8. The average Bonchev–Trinajstić information content (AvgIpc) is 3.61. The van der Waals surface area contributed by atoms with Crippen LogP contribution < -0.4 is 0 Å². The topological polar surface area (TPSA) is 108 Å². The van der Waals surface area contributed by atoms with Crippen molar-refractivity contribution in [1.82, 2.24) is 0 Å². The van der Waals surface area contributed by atoms with E-state index in [-0.39, 0.29) is 32.0 Å². The van der Waals surface area contributed by atoms with E-state index in [9.17, 15) is 19.0 Å². The highest BCUT2D eigenvalue weighted by Crippen LogP contribution is 2.43. The summed E-state index contributed by atoms with van der Waals surface area (Å²) in [6.07, 6.45) is 88.3. The van der Waals surface area contributed by atoms with Gasteiger partial charge in [-0.3, -0.25) is 18.6 Å². The van der Waals surface area contributed by atoms with Gasteiger partial charge in [-0.05, 0) is 89.9 Å². The summed E-state index contributed by atoms with van der Waals surface area (Å²) >= 11 is 0. The van der Waals surface area contributed by atoms with Crippen LogP contribution in [0, 0.1) is 0 Å². The molecule has 0 saturated carbocycles. The summed E-state index contributed by atoms with van der Waals surface area (Å²) in [5, 5.41) is 0. The van der Waals surface area contributed by atoms with E-state index in [0.29, 0.717) is 17.4 Å². The molecule has 0 aromatic rings. The van der Waals surface area contributed by atoms with Crippen molar-refractivity contribution in [3.8, 4) is 0 Å². The van der Waals surface area contributed by atoms with Gasteiger partial charge in [-0.1, -0.05) is 304 Å². The Bertz CT molecular complexity index is 1690. The quantitative estimate of drug-likeness (QED) is 0.0211. The first-order chi connectivity index (χ1) is 41.0. The fourth-order valence-corrected chi connectivity index (χ4v) is 10.8. The van der Waals surface area contributed by atoms with E-state index in [1.807, 2.05) is 21.1 Å². The molecule has 9 nitrogen and oxygen atoms in total. The summed E-state index contributed by atoms with van der Waals surface area (Å²) < 4.78 is 34.7. The van der Waals surface area contributed by atoms with Crippen LogP contribution in [0.5, 0.6) is 0 Å². The maximum atomic E-state index is 12.9. The third-order valence-electron chi connectivity index (χ3n) is 15.4. The molecular formula is C74H135NO8P+. The van der Waals surface area contributed by atoms with E-state index in [1.165, 1.54) is 218 Å². The zero-order valence-corrected chi connectivity index (χ0v) is 56.5. The molecule has 0 aromatic heterocycles. The molecule has 1 N–H and O–H groups in total. The fraction of sp³-hybridized carbons (Fsp3) is 0.784. The molecule has 0 spiro atoms. The van der Waals surface area contributed by atoms with Crippen molar-refractivity contribution in [1.29, 1.82) is 0 Å². The first-order valence-electron chi connectivity index (χ1n) is 35.3. The standard InChI is InChI=1S/C74H134NO8P/c1-6-8-10-12-14-16-18-20-22-24-26-28-30-32-33-34-35-36-37-38-39-40-41-43-45-47-49-51-53-55-57-59-61-63-65-67-74(77)83-72(71-82-84(78,79)81-69-68-75(3,4)5)70-80-73(76)66-64-62-60-58-56-54-52-50-48-46-44-42-31-29-27-25-23-21-19-17-15-13-11-9-7-2/h8,10,14,16,20,22,25-28,32-33,35-36,72H,6-7,9,11-13,15,17-19,21,23-24,29-31,34,37-71H2,1-5H3/p+1/b10-8-,16-14-,22-20-,27-25-,28-26-,33-32-,36-35-. The Kier molecular flexibility index (Phi) is 62.5. The first kappa shape index (κ1) is 81.2. The number of carbonyl (C=O) groups excluding carboxylic acids is 2. The van der Waals surface area contributed by atoms with E-state index in [0.717, 1.165) is 70.6 Å². The van der Waals surface area contributed by atoms with Gasteiger partial charge < -0.3 is 18.9 Å². The van der Waals surface area contributed by atoms with Gasteiger partial charge in [0.25, 0.3) is 0 Å². The maximum absolute atomic E-state index is 12.9. The minimum Gasteiger partial charge on any atom is -0.462 e. The van der Waals surface area contributed by atoms with Crippen LogP contribution in [-0.2, 0) is 32.7 Å². The van der Waals surface area contributed by atoms with Gasteiger partial charge in [0.05, 0.1) is 27.7 Å². The lowest BCUT2D eigenvalue weighted by molar-refractivity contribution is -0.870.